The van der Waals surface area contributed by atoms with E-state index >= 15 is 0 Å². The maximum absolute atomic E-state index is 9.24. The van der Waals surface area contributed by atoms with Gasteiger partial charge in [0.15, 0.2) is 5.96 Å². The molecule has 3 fully saturated rings. The van der Waals surface area contributed by atoms with Crippen molar-refractivity contribution in [2.45, 2.75) is 70.9 Å². The van der Waals surface area contributed by atoms with Gasteiger partial charge in [0.2, 0.25) is 0 Å². The fourth-order valence-electron chi connectivity index (χ4n) is 5.06. The molecule has 0 aromatic heterocycles. The molecule has 3 aliphatic rings. The second-order valence-electron chi connectivity index (χ2n) is 7.84. The van der Waals surface area contributed by atoms with Crippen molar-refractivity contribution in [3.63, 3.8) is 0 Å². The van der Waals surface area contributed by atoms with Crippen molar-refractivity contribution in [1.82, 2.24) is 10.6 Å². The van der Waals surface area contributed by atoms with Crippen molar-refractivity contribution in [3.05, 3.63) is 0 Å². The third-order valence-corrected chi connectivity index (χ3v) is 6.41. The summed E-state index contributed by atoms with van der Waals surface area (Å²) in [6.45, 7) is 7.19. The Bertz CT molecular complexity index is 430. The molecule has 5 heteroatoms. The molecule has 0 aromatic rings. The van der Waals surface area contributed by atoms with Crippen molar-refractivity contribution < 1.29 is 9.84 Å². The number of hydrogen-bond donors (Lipinski definition) is 3. The molecule has 2 aliphatic carbocycles. The smallest absolute Gasteiger partial charge is 0.191 e. The molecule has 0 aromatic carbocycles. The lowest BCUT2D eigenvalue weighted by Gasteiger charge is -2.63. The van der Waals surface area contributed by atoms with Crippen LogP contribution in [0.15, 0.2) is 4.99 Å². The number of aliphatic hydroxyl groups excluding tert-OH is 1. The standard InChI is InChI=1S/C19H35N3O2/c1-3-6-14(7-11-23)13-21-18(20-4-2)22-16-15-8-12-24-17(15)19(16)9-5-10-19/h14-17,23H,3-13H2,1-2H3,(H2,20,21,22). The summed E-state index contributed by atoms with van der Waals surface area (Å²) in [6.07, 6.45) is 8.76. The number of nitrogens with zero attached hydrogens (tertiary/aromatic N) is 1. The molecule has 24 heavy (non-hydrogen) atoms. The second kappa shape index (κ2) is 8.05. The summed E-state index contributed by atoms with van der Waals surface area (Å²) in [7, 11) is 0. The van der Waals surface area contributed by atoms with Crippen molar-refractivity contribution in [3.8, 4) is 0 Å². The third-order valence-electron chi connectivity index (χ3n) is 6.41. The molecule has 138 valence electrons. The summed E-state index contributed by atoms with van der Waals surface area (Å²) in [6, 6.07) is 0.527. The molecule has 1 aliphatic heterocycles. The quantitative estimate of drug-likeness (QED) is 0.470. The Morgan fingerprint density at radius 2 is 2.17 bits per heavy atom. The van der Waals surface area contributed by atoms with Gasteiger partial charge < -0.3 is 20.5 Å². The van der Waals surface area contributed by atoms with E-state index in [2.05, 4.69) is 24.5 Å². The van der Waals surface area contributed by atoms with E-state index in [1.165, 1.54) is 25.7 Å². The number of nitrogens with one attached hydrogen (secondary N) is 2. The van der Waals surface area contributed by atoms with E-state index in [0.29, 0.717) is 29.4 Å². The molecule has 1 saturated heterocycles. The van der Waals surface area contributed by atoms with Crippen molar-refractivity contribution in [2.75, 3.05) is 26.3 Å². The largest absolute Gasteiger partial charge is 0.396 e. The Hall–Kier alpha value is -0.810. The van der Waals surface area contributed by atoms with Crippen LogP contribution in [0.5, 0.6) is 0 Å². The normalized spacial score (nSPS) is 32.0. The van der Waals surface area contributed by atoms with E-state index in [0.717, 1.165) is 44.9 Å². The van der Waals surface area contributed by atoms with Crippen molar-refractivity contribution >= 4 is 5.96 Å². The van der Waals surface area contributed by atoms with Crippen LogP contribution in [-0.4, -0.2) is 49.5 Å². The molecular formula is C19H35N3O2. The molecule has 3 rings (SSSR count). The Morgan fingerprint density at radius 1 is 1.33 bits per heavy atom. The minimum Gasteiger partial charge on any atom is -0.396 e. The zero-order valence-corrected chi connectivity index (χ0v) is 15.4. The zero-order valence-electron chi connectivity index (χ0n) is 15.4. The van der Waals surface area contributed by atoms with Gasteiger partial charge in [0.05, 0.1) is 6.10 Å². The fraction of sp³-hybridized carbons (Fsp3) is 0.947. The van der Waals surface area contributed by atoms with Crippen LogP contribution in [0.1, 0.15) is 58.8 Å². The number of fused-ring (bicyclic) bond motifs is 2. The summed E-state index contributed by atoms with van der Waals surface area (Å²) in [5.41, 5.74) is 0.380. The first kappa shape index (κ1) is 18.0. The molecule has 4 unspecified atom stereocenters. The van der Waals surface area contributed by atoms with Gasteiger partial charge in [-0.1, -0.05) is 19.8 Å². The number of guanidine groups is 1. The first-order chi connectivity index (χ1) is 11.7. The van der Waals surface area contributed by atoms with Gasteiger partial charge in [-0.2, -0.15) is 0 Å². The highest BCUT2D eigenvalue weighted by molar-refractivity contribution is 5.80. The molecule has 1 spiro atoms. The van der Waals surface area contributed by atoms with Crippen LogP contribution in [0.3, 0.4) is 0 Å². The monoisotopic (exact) mass is 337 g/mol. The van der Waals surface area contributed by atoms with Crippen molar-refractivity contribution in [2.24, 2.45) is 22.2 Å². The van der Waals surface area contributed by atoms with Gasteiger partial charge in [0, 0.05) is 43.7 Å². The molecule has 0 radical (unpaired) electrons. The van der Waals surface area contributed by atoms with E-state index in [-0.39, 0.29) is 6.61 Å². The van der Waals surface area contributed by atoms with Gasteiger partial charge in [-0.15, -0.1) is 0 Å². The third kappa shape index (κ3) is 3.30. The van der Waals surface area contributed by atoms with E-state index in [1.807, 2.05) is 0 Å². The van der Waals surface area contributed by atoms with Gasteiger partial charge in [-0.25, -0.2) is 0 Å². The SMILES string of the molecule is CCCC(CCO)CN=C(NCC)NC1C2CCOC2C12CCC2. The number of aliphatic imine (C=N–C) groups is 1. The van der Waals surface area contributed by atoms with Crippen LogP contribution < -0.4 is 10.6 Å². The first-order valence-electron chi connectivity index (χ1n) is 10.0. The lowest BCUT2D eigenvalue weighted by Crippen LogP contribution is -2.72. The van der Waals surface area contributed by atoms with Crippen LogP contribution in [0.25, 0.3) is 0 Å². The lowest BCUT2D eigenvalue weighted by molar-refractivity contribution is -0.171. The van der Waals surface area contributed by atoms with Gasteiger partial charge in [0.25, 0.3) is 0 Å². The molecule has 0 amide bonds. The molecule has 4 atom stereocenters. The van der Waals surface area contributed by atoms with Crippen LogP contribution in [0.4, 0.5) is 0 Å². The summed E-state index contributed by atoms with van der Waals surface area (Å²) in [5.74, 6) is 2.10. The van der Waals surface area contributed by atoms with E-state index < -0.39 is 0 Å². The van der Waals surface area contributed by atoms with Gasteiger partial charge in [-0.3, -0.25) is 4.99 Å². The van der Waals surface area contributed by atoms with Crippen LogP contribution in [0.2, 0.25) is 0 Å². The predicted molar refractivity (Wildman–Crippen MR) is 97.1 cm³/mol. The second-order valence-corrected chi connectivity index (χ2v) is 7.84. The highest BCUT2D eigenvalue weighted by Gasteiger charge is 2.66. The highest BCUT2D eigenvalue weighted by Crippen LogP contribution is 2.62. The predicted octanol–water partition coefficient (Wildman–Crippen LogP) is 2.30. The van der Waals surface area contributed by atoms with E-state index in [9.17, 15) is 5.11 Å². The fourth-order valence-corrected chi connectivity index (χ4v) is 5.06. The minimum atomic E-state index is 0.261. The van der Waals surface area contributed by atoms with Crippen molar-refractivity contribution in [1.29, 1.82) is 0 Å². The van der Waals surface area contributed by atoms with Crippen LogP contribution in [-0.2, 0) is 4.74 Å². The molecule has 1 heterocycles. The number of ether oxygens (including phenoxy) is 1. The molecule has 5 nitrogen and oxygen atoms in total. The average Bonchev–Trinajstić information content (AvgIpc) is 2.94. The summed E-state index contributed by atoms with van der Waals surface area (Å²) >= 11 is 0. The molecule has 0 bridgehead atoms. The number of rotatable bonds is 8. The minimum absolute atomic E-state index is 0.261. The Morgan fingerprint density at radius 3 is 2.79 bits per heavy atom. The number of aliphatic hydroxyl groups is 1. The maximum Gasteiger partial charge on any atom is 0.191 e. The Kier molecular flexibility index (Phi) is 6.03. The summed E-state index contributed by atoms with van der Waals surface area (Å²) in [4.78, 5) is 4.85. The lowest BCUT2D eigenvalue weighted by atomic mass is 9.46. The molecule has 2 saturated carbocycles. The summed E-state index contributed by atoms with van der Waals surface area (Å²) < 4.78 is 6.02. The van der Waals surface area contributed by atoms with E-state index in [1.54, 1.807) is 0 Å². The van der Waals surface area contributed by atoms with Crippen LogP contribution in [0, 0.1) is 17.3 Å². The molecule has 3 N–H and O–H groups in total. The maximum atomic E-state index is 9.24. The average molecular weight is 338 g/mol. The van der Waals surface area contributed by atoms with Gasteiger partial charge >= 0.3 is 0 Å². The highest BCUT2D eigenvalue weighted by atomic mass is 16.5. The first-order valence-corrected chi connectivity index (χ1v) is 10.0. The summed E-state index contributed by atoms with van der Waals surface area (Å²) in [5, 5.41) is 16.4. The molecular weight excluding hydrogens is 302 g/mol. The number of hydrogen-bond acceptors (Lipinski definition) is 3. The topological polar surface area (TPSA) is 65.9 Å². The Labute approximate surface area is 146 Å². The van der Waals surface area contributed by atoms with Crippen LogP contribution >= 0.6 is 0 Å². The van der Waals surface area contributed by atoms with Gasteiger partial charge in [-0.05, 0) is 44.9 Å². The Balaban J connectivity index is 1.61. The van der Waals surface area contributed by atoms with E-state index in [4.69, 9.17) is 9.73 Å². The van der Waals surface area contributed by atoms with Gasteiger partial charge in [0.1, 0.15) is 0 Å². The zero-order chi connectivity index (χ0) is 17.0.